The molecule has 0 spiro atoms. The maximum atomic E-state index is 12.4. The molecule has 0 heterocycles. The minimum atomic E-state index is -3.66. The van der Waals surface area contributed by atoms with E-state index in [1.54, 1.807) is 0 Å². The molecule has 1 saturated carbocycles. The molecule has 0 aliphatic heterocycles. The number of nitrogens with one attached hydrogen (secondary N) is 1. The zero-order valence-electron chi connectivity index (χ0n) is 12.3. The number of carbonyl (C=O) groups excluding carboxylic acids is 1. The first-order valence-electron chi connectivity index (χ1n) is 6.88. The zero-order chi connectivity index (χ0) is 15.5. The van der Waals surface area contributed by atoms with Crippen molar-refractivity contribution in [2.24, 2.45) is 11.7 Å². The van der Waals surface area contributed by atoms with Gasteiger partial charge in [0.15, 0.2) is 0 Å². The molecule has 124 valence electrons. The van der Waals surface area contributed by atoms with E-state index in [4.69, 9.17) is 5.73 Å². The van der Waals surface area contributed by atoms with E-state index in [1.807, 2.05) is 0 Å². The molecule has 2 unspecified atom stereocenters. The summed E-state index contributed by atoms with van der Waals surface area (Å²) in [6.07, 6.45) is 2.70. The van der Waals surface area contributed by atoms with Gasteiger partial charge in [-0.25, -0.2) is 17.9 Å². The lowest BCUT2D eigenvalue weighted by atomic mass is 10.1. The van der Waals surface area contributed by atoms with Crippen LogP contribution in [0.25, 0.3) is 0 Å². The molecule has 1 fully saturated rings. The summed E-state index contributed by atoms with van der Waals surface area (Å²) in [7, 11) is -2.41. The third-order valence-corrected chi connectivity index (χ3v) is 5.32. The smallest absolute Gasteiger partial charge is 0.337 e. The lowest BCUT2D eigenvalue weighted by Gasteiger charge is -2.19. The van der Waals surface area contributed by atoms with Gasteiger partial charge in [-0.2, -0.15) is 0 Å². The van der Waals surface area contributed by atoms with Crippen LogP contribution in [-0.2, 0) is 14.8 Å². The number of rotatable bonds is 5. The van der Waals surface area contributed by atoms with Crippen LogP contribution >= 0.6 is 12.4 Å². The molecule has 8 heteroatoms. The molecule has 1 aromatic carbocycles. The van der Waals surface area contributed by atoms with E-state index in [9.17, 15) is 13.2 Å². The van der Waals surface area contributed by atoms with Gasteiger partial charge in [-0.3, -0.25) is 0 Å². The topological polar surface area (TPSA) is 98.5 Å². The SMILES string of the molecule is COC(=O)c1cccc(S(=O)(=O)NC2CCCC2CN)c1.Cl. The van der Waals surface area contributed by atoms with Gasteiger partial charge in [-0.15, -0.1) is 12.4 Å². The second-order valence-corrected chi connectivity index (χ2v) is 6.89. The number of ether oxygens (including phenoxy) is 1. The highest BCUT2D eigenvalue weighted by Crippen LogP contribution is 2.26. The molecular weight excluding hydrogens is 328 g/mol. The Hall–Kier alpha value is -1.15. The molecule has 22 heavy (non-hydrogen) atoms. The van der Waals surface area contributed by atoms with Crippen LogP contribution in [0.15, 0.2) is 29.2 Å². The highest BCUT2D eigenvalue weighted by Gasteiger charge is 2.30. The predicted octanol–water partition coefficient (Wildman–Crippen LogP) is 1.30. The van der Waals surface area contributed by atoms with Gasteiger partial charge in [-0.1, -0.05) is 12.5 Å². The van der Waals surface area contributed by atoms with Gasteiger partial charge in [-0.05, 0) is 43.5 Å². The van der Waals surface area contributed by atoms with Crippen LogP contribution in [0.2, 0.25) is 0 Å². The monoisotopic (exact) mass is 348 g/mol. The fraction of sp³-hybridized carbons (Fsp3) is 0.500. The molecule has 2 rings (SSSR count). The Morgan fingerprint density at radius 3 is 2.77 bits per heavy atom. The van der Waals surface area contributed by atoms with Crippen LogP contribution in [0.4, 0.5) is 0 Å². The molecule has 3 N–H and O–H groups in total. The molecular formula is C14H21ClN2O4S. The second-order valence-electron chi connectivity index (χ2n) is 5.17. The minimum absolute atomic E-state index is 0. The highest BCUT2D eigenvalue weighted by atomic mass is 35.5. The fourth-order valence-corrected chi connectivity index (χ4v) is 4.03. The Kier molecular flexibility index (Phi) is 6.80. The number of carbonyl (C=O) groups is 1. The van der Waals surface area contributed by atoms with Gasteiger partial charge in [0.25, 0.3) is 0 Å². The van der Waals surface area contributed by atoms with Crippen LogP contribution in [0.5, 0.6) is 0 Å². The third-order valence-electron chi connectivity index (χ3n) is 3.83. The van der Waals surface area contributed by atoms with E-state index in [0.29, 0.717) is 6.54 Å². The normalized spacial score (nSPS) is 21.2. The van der Waals surface area contributed by atoms with Gasteiger partial charge < -0.3 is 10.5 Å². The Bertz CT molecular complexity index is 621. The maximum absolute atomic E-state index is 12.4. The maximum Gasteiger partial charge on any atom is 0.337 e. The molecule has 6 nitrogen and oxygen atoms in total. The van der Waals surface area contributed by atoms with Crippen LogP contribution in [0, 0.1) is 5.92 Å². The van der Waals surface area contributed by atoms with Crippen molar-refractivity contribution in [2.45, 2.75) is 30.2 Å². The molecule has 1 aliphatic rings. The number of nitrogens with two attached hydrogens (primary N) is 1. The van der Waals surface area contributed by atoms with Crippen LogP contribution in [-0.4, -0.2) is 34.1 Å². The molecule has 0 saturated heterocycles. The van der Waals surface area contributed by atoms with Gasteiger partial charge in [0.05, 0.1) is 17.6 Å². The summed E-state index contributed by atoms with van der Waals surface area (Å²) in [4.78, 5) is 11.5. The van der Waals surface area contributed by atoms with E-state index in [0.717, 1.165) is 19.3 Å². The quantitative estimate of drug-likeness (QED) is 0.781. The predicted molar refractivity (Wildman–Crippen MR) is 85.5 cm³/mol. The number of halogens is 1. The van der Waals surface area contributed by atoms with Crippen molar-refractivity contribution in [1.29, 1.82) is 0 Å². The minimum Gasteiger partial charge on any atom is -0.465 e. The van der Waals surface area contributed by atoms with Crippen molar-refractivity contribution in [3.63, 3.8) is 0 Å². The lowest BCUT2D eigenvalue weighted by Crippen LogP contribution is -2.39. The first-order chi connectivity index (χ1) is 9.97. The lowest BCUT2D eigenvalue weighted by molar-refractivity contribution is 0.0600. The highest BCUT2D eigenvalue weighted by molar-refractivity contribution is 7.89. The first-order valence-corrected chi connectivity index (χ1v) is 8.37. The van der Waals surface area contributed by atoms with Crippen molar-refractivity contribution >= 4 is 28.4 Å². The van der Waals surface area contributed by atoms with Crippen LogP contribution in [0.3, 0.4) is 0 Å². The average molecular weight is 349 g/mol. The summed E-state index contributed by atoms with van der Waals surface area (Å²) in [6, 6.07) is 5.68. The number of sulfonamides is 1. The summed E-state index contributed by atoms with van der Waals surface area (Å²) < 4.78 is 32.1. The Morgan fingerprint density at radius 2 is 2.14 bits per heavy atom. The number of hydrogen-bond acceptors (Lipinski definition) is 5. The zero-order valence-corrected chi connectivity index (χ0v) is 14.0. The van der Waals surface area contributed by atoms with Crippen molar-refractivity contribution in [1.82, 2.24) is 4.72 Å². The Morgan fingerprint density at radius 1 is 1.41 bits per heavy atom. The van der Waals surface area contributed by atoms with Crippen molar-refractivity contribution in [3.8, 4) is 0 Å². The number of esters is 1. The van der Waals surface area contributed by atoms with Gasteiger partial charge in [0.1, 0.15) is 0 Å². The number of methoxy groups -OCH3 is 1. The fourth-order valence-electron chi connectivity index (χ4n) is 2.65. The van der Waals surface area contributed by atoms with Gasteiger partial charge in [0, 0.05) is 6.04 Å². The van der Waals surface area contributed by atoms with E-state index in [1.165, 1.54) is 31.4 Å². The van der Waals surface area contributed by atoms with E-state index >= 15 is 0 Å². The van der Waals surface area contributed by atoms with Crippen molar-refractivity contribution in [3.05, 3.63) is 29.8 Å². The molecule has 1 aromatic rings. The Labute approximate surface area is 136 Å². The third kappa shape index (κ3) is 4.19. The van der Waals surface area contributed by atoms with E-state index in [2.05, 4.69) is 9.46 Å². The molecule has 0 radical (unpaired) electrons. The van der Waals surface area contributed by atoms with E-state index < -0.39 is 16.0 Å². The van der Waals surface area contributed by atoms with Crippen molar-refractivity contribution < 1.29 is 17.9 Å². The average Bonchev–Trinajstić information content (AvgIpc) is 2.93. The first kappa shape index (κ1) is 18.9. The summed E-state index contributed by atoms with van der Waals surface area (Å²) in [6.45, 7) is 0.468. The van der Waals surface area contributed by atoms with Gasteiger partial charge >= 0.3 is 5.97 Å². The number of hydrogen-bond donors (Lipinski definition) is 2. The molecule has 0 aromatic heterocycles. The van der Waals surface area contributed by atoms with Crippen LogP contribution < -0.4 is 10.5 Å². The molecule has 1 aliphatic carbocycles. The summed E-state index contributed by atoms with van der Waals surface area (Å²) in [5, 5.41) is 0. The van der Waals surface area contributed by atoms with Gasteiger partial charge in [0.2, 0.25) is 10.0 Å². The van der Waals surface area contributed by atoms with Crippen molar-refractivity contribution in [2.75, 3.05) is 13.7 Å². The number of benzene rings is 1. The standard InChI is InChI=1S/C14H20N2O4S.ClH/c1-20-14(17)10-4-2-6-12(8-10)21(18,19)16-13-7-3-5-11(13)9-15;/h2,4,6,8,11,13,16H,3,5,7,9,15H2,1H3;1H. The van der Waals surface area contributed by atoms with Crippen LogP contribution in [0.1, 0.15) is 29.6 Å². The Balaban J connectivity index is 0.00000242. The van der Waals surface area contributed by atoms with E-state index in [-0.39, 0.29) is 34.8 Å². The molecule has 2 atom stereocenters. The summed E-state index contributed by atoms with van der Waals surface area (Å²) in [5.74, 6) is -0.392. The molecule has 0 amide bonds. The second kappa shape index (κ2) is 7.92. The molecule has 0 bridgehead atoms. The largest absolute Gasteiger partial charge is 0.465 e. The summed E-state index contributed by atoms with van der Waals surface area (Å²) in [5.41, 5.74) is 5.88. The summed E-state index contributed by atoms with van der Waals surface area (Å²) >= 11 is 0.